The van der Waals surface area contributed by atoms with Gasteiger partial charge in [-0.25, -0.2) is 0 Å². The molecule has 3 aromatic carbocycles. The van der Waals surface area contributed by atoms with Gasteiger partial charge in [0.15, 0.2) is 5.78 Å². The zero-order valence-electron chi connectivity index (χ0n) is 19.1. The first-order chi connectivity index (χ1) is 17.0. The number of carboxylic acid groups (broad SMARTS) is 1. The Labute approximate surface area is 209 Å². The lowest BCUT2D eigenvalue weighted by atomic mass is 10.00. The molecule has 0 radical (unpaired) electrons. The molecule has 5 nitrogen and oxygen atoms in total. The minimum atomic E-state index is -0.899. The molecule has 0 unspecified atom stereocenters. The van der Waals surface area contributed by atoms with Crippen LogP contribution in [-0.2, 0) is 11.3 Å². The van der Waals surface area contributed by atoms with Crippen LogP contribution in [0.5, 0.6) is 0 Å². The number of rotatable bonds is 10. The number of carbonyl (C=O) groups is 2. The van der Waals surface area contributed by atoms with Gasteiger partial charge in [-0.1, -0.05) is 66.2 Å². The fourth-order valence-corrected chi connectivity index (χ4v) is 3.95. The van der Waals surface area contributed by atoms with Crippen molar-refractivity contribution in [3.63, 3.8) is 0 Å². The number of pyridine rings is 1. The molecule has 0 atom stereocenters. The fourth-order valence-electron chi connectivity index (χ4n) is 3.82. The van der Waals surface area contributed by atoms with Gasteiger partial charge in [0.25, 0.3) is 0 Å². The number of aliphatic carboxylic acids is 1. The van der Waals surface area contributed by atoms with Crippen molar-refractivity contribution >= 4 is 29.0 Å². The Morgan fingerprint density at radius 1 is 0.800 bits per heavy atom. The lowest BCUT2D eigenvalue weighted by molar-refractivity contribution is -0.137. The van der Waals surface area contributed by atoms with Gasteiger partial charge in [0, 0.05) is 41.9 Å². The molecule has 0 amide bonds. The highest BCUT2D eigenvalue weighted by Gasteiger charge is 2.11. The number of aromatic nitrogens is 1. The molecule has 4 rings (SSSR count). The van der Waals surface area contributed by atoms with Crippen molar-refractivity contribution in [3.05, 3.63) is 107 Å². The van der Waals surface area contributed by atoms with Crippen LogP contribution in [0.2, 0.25) is 5.02 Å². The van der Waals surface area contributed by atoms with Crippen LogP contribution >= 0.6 is 11.6 Å². The number of carboxylic acids is 1. The maximum Gasteiger partial charge on any atom is 0.303 e. The minimum Gasteiger partial charge on any atom is -0.481 e. The zero-order valence-corrected chi connectivity index (χ0v) is 19.8. The highest BCUT2D eigenvalue weighted by atomic mass is 35.5. The molecule has 35 heavy (non-hydrogen) atoms. The molecule has 0 aliphatic heterocycles. The number of halogens is 1. The van der Waals surface area contributed by atoms with E-state index in [1.165, 1.54) is 0 Å². The van der Waals surface area contributed by atoms with E-state index in [0.29, 0.717) is 18.7 Å². The van der Waals surface area contributed by atoms with E-state index in [1.807, 2.05) is 48.5 Å². The van der Waals surface area contributed by atoms with E-state index in [9.17, 15) is 9.59 Å². The zero-order chi connectivity index (χ0) is 24.6. The second-order valence-electron chi connectivity index (χ2n) is 8.20. The second kappa shape index (κ2) is 11.4. The Balaban J connectivity index is 1.41. The molecule has 0 saturated heterocycles. The van der Waals surface area contributed by atoms with Gasteiger partial charge in [-0.15, -0.1) is 0 Å². The van der Waals surface area contributed by atoms with E-state index in [-0.39, 0.29) is 18.6 Å². The van der Waals surface area contributed by atoms with Gasteiger partial charge in [-0.05, 0) is 59.0 Å². The van der Waals surface area contributed by atoms with Crippen molar-refractivity contribution in [1.82, 2.24) is 4.98 Å². The third-order valence-electron chi connectivity index (χ3n) is 5.72. The molecule has 6 heteroatoms. The Kier molecular flexibility index (Phi) is 7.91. The van der Waals surface area contributed by atoms with E-state index in [1.54, 1.807) is 12.3 Å². The number of benzene rings is 3. The summed E-state index contributed by atoms with van der Waals surface area (Å²) in [5, 5.41) is 12.9. The van der Waals surface area contributed by atoms with Crippen LogP contribution < -0.4 is 5.32 Å². The first-order valence-corrected chi connectivity index (χ1v) is 11.8. The molecule has 0 saturated carbocycles. The molecular weight excluding hydrogens is 460 g/mol. The SMILES string of the molecule is O=C(O)CCCC(=O)c1ccc(-c2ccccc2CNc2ccc(-c3ccc(Cl)cc3)cc2)cn1. The Morgan fingerprint density at radius 2 is 1.46 bits per heavy atom. The molecule has 4 aromatic rings. The first kappa shape index (κ1) is 24.2. The van der Waals surface area contributed by atoms with E-state index in [4.69, 9.17) is 16.7 Å². The summed E-state index contributed by atoms with van der Waals surface area (Å²) in [6.07, 6.45) is 2.17. The first-order valence-electron chi connectivity index (χ1n) is 11.4. The predicted octanol–water partition coefficient (Wildman–Crippen LogP) is 7.12. The smallest absolute Gasteiger partial charge is 0.303 e. The third-order valence-corrected chi connectivity index (χ3v) is 5.97. The summed E-state index contributed by atoms with van der Waals surface area (Å²) in [4.78, 5) is 27.2. The molecule has 1 heterocycles. The molecule has 0 fully saturated rings. The standard InChI is InChI=1S/C29H25ClN2O3/c30-24-13-8-20(9-14-24)21-10-15-25(16-11-21)31-18-22-4-1-2-5-26(22)23-12-17-27(32-19-23)28(33)6-3-7-29(34)35/h1-2,4-5,8-17,19,31H,3,6-7,18H2,(H,34,35). The van der Waals surface area contributed by atoms with Crippen LogP contribution in [0.1, 0.15) is 35.3 Å². The quantitative estimate of drug-likeness (QED) is 0.234. The number of anilines is 1. The van der Waals surface area contributed by atoms with Gasteiger partial charge in [-0.3, -0.25) is 14.6 Å². The van der Waals surface area contributed by atoms with Crippen LogP contribution in [0.15, 0.2) is 91.1 Å². The van der Waals surface area contributed by atoms with Crippen molar-refractivity contribution in [2.45, 2.75) is 25.8 Å². The number of carbonyl (C=O) groups excluding carboxylic acids is 1. The van der Waals surface area contributed by atoms with Gasteiger partial charge in [-0.2, -0.15) is 0 Å². The molecule has 0 aliphatic carbocycles. The molecule has 2 N–H and O–H groups in total. The maximum atomic E-state index is 12.3. The Hall–Kier alpha value is -3.96. The highest BCUT2D eigenvalue weighted by Crippen LogP contribution is 2.26. The monoisotopic (exact) mass is 484 g/mol. The topological polar surface area (TPSA) is 79.3 Å². The average Bonchev–Trinajstić information content (AvgIpc) is 2.88. The van der Waals surface area contributed by atoms with Crippen molar-refractivity contribution in [2.75, 3.05) is 5.32 Å². The minimum absolute atomic E-state index is 0.0198. The Morgan fingerprint density at radius 3 is 2.11 bits per heavy atom. The Bertz CT molecular complexity index is 1300. The number of nitrogens with one attached hydrogen (secondary N) is 1. The third kappa shape index (κ3) is 6.55. The second-order valence-corrected chi connectivity index (χ2v) is 8.63. The number of nitrogens with zero attached hydrogens (tertiary/aromatic N) is 1. The maximum absolute atomic E-state index is 12.3. The number of Topliss-reactive ketones (excluding diaryl/α,β-unsaturated/α-hetero) is 1. The molecule has 176 valence electrons. The summed E-state index contributed by atoms with van der Waals surface area (Å²) in [5.41, 5.74) is 6.67. The summed E-state index contributed by atoms with van der Waals surface area (Å²) >= 11 is 5.98. The normalized spacial score (nSPS) is 10.7. The van der Waals surface area contributed by atoms with E-state index < -0.39 is 5.97 Å². The molecule has 0 spiro atoms. The number of hydrogen-bond donors (Lipinski definition) is 2. The summed E-state index contributed by atoms with van der Waals surface area (Å²) in [6.45, 7) is 0.631. The molecular formula is C29H25ClN2O3. The average molecular weight is 485 g/mol. The van der Waals surface area contributed by atoms with Crippen LogP contribution in [-0.4, -0.2) is 21.8 Å². The fraction of sp³-hybridized carbons (Fsp3) is 0.138. The number of ketones is 1. The van der Waals surface area contributed by atoms with Gasteiger partial charge in [0.2, 0.25) is 0 Å². The molecule has 0 bridgehead atoms. The summed E-state index contributed by atoms with van der Waals surface area (Å²) in [7, 11) is 0. The molecule has 1 aromatic heterocycles. The molecule has 0 aliphatic rings. The van der Waals surface area contributed by atoms with Gasteiger partial charge >= 0.3 is 5.97 Å². The lowest BCUT2D eigenvalue weighted by Crippen LogP contribution is -2.04. The summed E-state index contributed by atoms with van der Waals surface area (Å²) in [6, 6.07) is 27.7. The van der Waals surface area contributed by atoms with Crippen LogP contribution in [0, 0.1) is 0 Å². The van der Waals surface area contributed by atoms with Crippen LogP contribution in [0.25, 0.3) is 22.3 Å². The highest BCUT2D eigenvalue weighted by molar-refractivity contribution is 6.30. The van der Waals surface area contributed by atoms with Crippen LogP contribution in [0.4, 0.5) is 5.69 Å². The van der Waals surface area contributed by atoms with Crippen molar-refractivity contribution in [3.8, 4) is 22.3 Å². The van der Waals surface area contributed by atoms with Gasteiger partial charge < -0.3 is 10.4 Å². The predicted molar refractivity (Wildman–Crippen MR) is 140 cm³/mol. The summed E-state index contributed by atoms with van der Waals surface area (Å²) in [5.74, 6) is -1.04. The van der Waals surface area contributed by atoms with E-state index in [2.05, 4.69) is 40.6 Å². The number of hydrogen-bond acceptors (Lipinski definition) is 4. The lowest BCUT2D eigenvalue weighted by Gasteiger charge is -2.12. The van der Waals surface area contributed by atoms with E-state index >= 15 is 0 Å². The van der Waals surface area contributed by atoms with Crippen molar-refractivity contribution in [2.24, 2.45) is 0 Å². The van der Waals surface area contributed by atoms with Crippen molar-refractivity contribution < 1.29 is 14.7 Å². The summed E-state index contributed by atoms with van der Waals surface area (Å²) < 4.78 is 0. The van der Waals surface area contributed by atoms with Crippen molar-refractivity contribution in [1.29, 1.82) is 0 Å². The van der Waals surface area contributed by atoms with Crippen LogP contribution in [0.3, 0.4) is 0 Å². The largest absolute Gasteiger partial charge is 0.481 e. The van der Waals surface area contributed by atoms with Gasteiger partial charge in [0.1, 0.15) is 5.69 Å². The van der Waals surface area contributed by atoms with Gasteiger partial charge in [0.05, 0.1) is 0 Å². The van der Waals surface area contributed by atoms with E-state index in [0.717, 1.165) is 38.5 Å².